The molecule has 16 nitrogen and oxygen atoms in total. The van der Waals surface area contributed by atoms with Gasteiger partial charge in [0.1, 0.15) is 29.3 Å². The minimum Gasteiger partial charge on any atom is -0.497 e. The van der Waals surface area contributed by atoms with Gasteiger partial charge in [-0.3, -0.25) is 14.3 Å². The number of methoxy groups -OCH3 is 2. The number of oxime groups is 1. The minimum atomic E-state index is -1.95. The van der Waals surface area contributed by atoms with E-state index in [-0.39, 0.29) is 44.0 Å². The van der Waals surface area contributed by atoms with Crippen LogP contribution in [0.5, 0.6) is 11.5 Å². The monoisotopic (exact) mass is 859 g/mol. The SMILES string of the molecule is CCOC(=O)/C(C)=N/O[C@@H]1[C@H](OP(OCCC#N)N(C(C)C)C(C)C)[C@@H](COC(c2ccccc2)(c2ccc(OC)cc2)c2ccc(OC)cc2)O[C@H]1n1ccc(=O)[nH]c1=O. The van der Waals surface area contributed by atoms with Crippen LogP contribution in [0.15, 0.2) is 106 Å². The van der Waals surface area contributed by atoms with Crippen LogP contribution in [-0.2, 0) is 38.5 Å². The number of esters is 1. The van der Waals surface area contributed by atoms with Crippen LogP contribution in [0.4, 0.5) is 0 Å². The average Bonchev–Trinajstić information content (AvgIpc) is 3.59. The Morgan fingerprint density at radius 2 is 1.51 bits per heavy atom. The van der Waals surface area contributed by atoms with Gasteiger partial charge in [0.15, 0.2) is 11.9 Å². The third-order valence-electron chi connectivity index (χ3n) is 9.80. The average molecular weight is 860 g/mol. The molecule has 4 aromatic rings. The first-order chi connectivity index (χ1) is 29.4. The van der Waals surface area contributed by atoms with Gasteiger partial charge in [0.25, 0.3) is 14.1 Å². The molecule has 5 atom stereocenters. The molecule has 0 saturated carbocycles. The predicted molar refractivity (Wildman–Crippen MR) is 228 cm³/mol. The lowest BCUT2D eigenvalue weighted by atomic mass is 9.80. The second-order valence-electron chi connectivity index (χ2n) is 14.5. The predicted octanol–water partition coefficient (Wildman–Crippen LogP) is 6.45. The molecule has 61 heavy (non-hydrogen) atoms. The first kappa shape index (κ1) is 46.7. The molecule has 1 aromatic heterocycles. The molecule has 1 unspecified atom stereocenters. The van der Waals surface area contributed by atoms with Crippen LogP contribution in [0.2, 0.25) is 0 Å². The van der Waals surface area contributed by atoms with E-state index >= 15 is 0 Å². The number of aromatic amines is 1. The molecule has 17 heteroatoms. The zero-order chi connectivity index (χ0) is 44.1. The highest BCUT2D eigenvalue weighted by Crippen LogP contribution is 2.51. The van der Waals surface area contributed by atoms with Crippen molar-refractivity contribution in [1.82, 2.24) is 14.2 Å². The highest BCUT2D eigenvalue weighted by atomic mass is 31.2. The van der Waals surface area contributed by atoms with Gasteiger partial charge in [-0.15, -0.1) is 0 Å². The summed E-state index contributed by atoms with van der Waals surface area (Å²) < 4.78 is 46.8. The van der Waals surface area contributed by atoms with Gasteiger partial charge in [-0.25, -0.2) is 14.3 Å². The smallest absolute Gasteiger partial charge is 0.355 e. The summed E-state index contributed by atoms with van der Waals surface area (Å²) in [5.41, 5.74) is -0.506. The van der Waals surface area contributed by atoms with E-state index in [1.807, 2.05) is 111 Å². The number of hydrogen-bond acceptors (Lipinski definition) is 14. The molecule has 0 amide bonds. The zero-order valence-electron chi connectivity index (χ0n) is 35.7. The van der Waals surface area contributed by atoms with Gasteiger partial charge in [0.2, 0.25) is 6.10 Å². The number of nitrogens with one attached hydrogen (secondary N) is 1. The zero-order valence-corrected chi connectivity index (χ0v) is 36.6. The largest absolute Gasteiger partial charge is 0.497 e. The van der Waals surface area contributed by atoms with Gasteiger partial charge >= 0.3 is 11.7 Å². The van der Waals surface area contributed by atoms with Crippen molar-refractivity contribution in [3.05, 3.63) is 129 Å². The molecule has 1 aliphatic rings. The normalized spacial score (nSPS) is 18.6. The first-order valence-corrected chi connectivity index (χ1v) is 21.1. The maximum atomic E-state index is 13.5. The van der Waals surface area contributed by atoms with Crippen molar-refractivity contribution in [3.63, 3.8) is 0 Å². The van der Waals surface area contributed by atoms with Gasteiger partial charge < -0.3 is 37.6 Å². The van der Waals surface area contributed by atoms with Crippen molar-refractivity contribution in [2.75, 3.05) is 34.0 Å². The number of aromatic nitrogens is 2. The van der Waals surface area contributed by atoms with Crippen molar-refractivity contribution in [2.24, 2.45) is 5.16 Å². The van der Waals surface area contributed by atoms with Crippen LogP contribution in [0, 0.1) is 11.3 Å². The number of nitriles is 1. The molecule has 0 bridgehead atoms. The van der Waals surface area contributed by atoms with Crippen molar-refractivity contribution in [2.45, 2.75) is 90.2 Å². The highest BCUT2D eigenvalue weighted by molar-refractivity contribution is 7.44. The summed E-state index contributed by atoms with van der Waals surface area (Å²) in [6.07, 6.45) is -3.29. The summed E-state index contributed by atoms with van der Waals surface area (Å²) in [7, 11) is 1.24. The summed E-state index contributed by atoms with van der Waals surface area (Å²) in [5.74, 6) is 0.576. The van der Waals surface area contributed by atoms with Crippen LogP contribution in [-0.4, -0.2) is 90.3 Å². The Labute approximate surface area is 356 Å². The molecular formula is C44H54N5O11P. The second kappa shape index (κ2) is 21.9. The summed E-state index contributed by atoms with van der Waals surface area (Å²) in [6, 6.07) is 27.9. The molecular weight excluding hydrogens is 805 g/mol. The van der Waals surface area contributed by atoms with E-state index in [0.29, 0.717) is 11.5 Å². The van der Waals surface area contributed by atoms with Gasteiger partial charge in [-0.1, -0.05) is 59.8 Å². The number of benzene rings is 3. The molecule has 0 radical (unpaired) electrons. The molecule has 5 rings (SSSR count). The van der Waals surface area contributed by atoms with E-state index in [1.54, 1.807) is 21.1 Å². The summed E-state index contributed by atoms with van der Waals surface area (Å²) >= 11 is 0. The van der Waals surface area contributed by atoms with E-state index in [4.69, 9.17) is 37.6 Å². The quantitative estimate of drug-likeness (QED) is 0.0241. The van der Waals surface area contributed by atoms with Gasteiger partial charge in [0.05, 0.1) is 46.5 Å². The summed E-state index contributed by atoms with van der Waals surface area (Å²) in [4.78, 5) is 46.9. The van der Waals surface area contributed by atoms with E-state index in [1.165, 1.54) is 19.2 Å². The summed E-state index contributed by atoms with van der Waals surface area (Å²) in [6.45, 7) is 11.1. The van der Waals surface area contributed by atoms with Crippen LogP contribution in [0.1, 0.15) is 70.9 Å². The lowest BCUT2D eigenvalue weighted by Crippen LogP contribution is -2.43. The molecule has 0 spiro atoms. The number of H-pyrrole nitrogens is 1. The number of carbonyl (C=O) groups excluding carboxylic acids is 1. The molecule has 1 N–H and O–H groups in total. The molecule has 1 fully saturated rings. The van der Waals surface area contributed by atoms with Gasteiger partial charge in [-0.05, 0) is 82.5 Å². The van der Waals surface area contributed by atoms with E-state index < -0.39 is 55.9 Å². The van der Waals surface area contributed by atoms with E-state index in [9.17, 15) is 19.6 Å². The third kappa shape index (κ3) is 11.1. The van der Waals surface area contributed by atoms with E-state index in [0.717, 1.165) is 21.3 Å². The number of ether oxygens (including phenoxy) is 5. The standard InChI is InChI=1S/C44H54N5O11P/c1-9-55-42(51)31(6)47-59-40-39(60-61(57-27-13-25-45)49(29(2)3)30(4)5)37(58-41(40)48-26-24-38(50)46-43(48)52)28-56-44(32-14-11-10-12-15-32,33-16-20-35(53-7)21-17-33)34-18-22-36(54-8)23-19-34/h10-12,14-24,26,29-30,37,39-41H,9,13,27-28H2,1-8H3,(H,46,50,52)/b47-31+/t37-,39-,40-,41-,61?/m1/s1. The molecule has 0 aliphatic carbocycles. The van der Waals surface area contributed by atoms with Crippen LogP contribution < -0.4 is 20.7 Å². The topological polar surface area (TPSA) is 185 Å². The number of hydrogen-bond donors (Lipinski definition) is 1. The fourth-order valence-corrected chi connectivity index (χ4v) is 8.79. The van der Waals surface area contributed by atoms with Crippen LogP contribution in [0.25, 0.3) is 0 Å². The summed E-state index contributed by atoms with van der Waals surface area (Å²) in [5, 5.41) is 13.6. The molecule has 1 aliphatic heterocycles. The Morgan fingerprint density at radius 1 is 0.918 bits per heavy atom. The van der Waals surface area contributed by atoms with Gasteiger partial charge in [-0.2, -0.15) is 5.26 Å². The van der Waals surface area contributed by atoms with Crippen LogP contribution in [0.3, 0.4) is 0 Å². The fraction of sp³-hybridized carbons (Fsp3) is 0.432. The minimum absolute atomic E-state index is 0.0629. The molecule has 1 saturated heterocycles. The maximum Gasteiger partial charge on any atom is 0.355 e. The second-order valence-corrected chi connectivity index (χ2v) is 15.9. The highest BCUT2D eigenvalue weighted by Gasteiger charge is 2.53. The van der Waals surface area contributed by atoms with Gasteiger partial charge in [0, 0.05) is 24.3 Å². The fourth-order valence-electron chi connectivity index (χ4n) is 7.03. The molecule has 3 aromatic carbocycles. The Hall–Kier alpha value is -5.40. The molecule has 2 heterocycles. The van der Waals surface area contributed by atoms with Crippen molar-refractivity contribution >= 4 is 20.2 Å². The van der Waals surface area contributed by atoms with Crippen molar-refractivity contribution in [1.29, 1.82) is 5.26 Å². The van der Waals surface area contributed by atoms with Crippen molar-refractivity contribution in [3.8, 4) is 17.6 Å². The Morgan fingerprint density at radius 3 is 2.03 bits per heavy atom. The van der Waals surface area contributed by atoms with Crippen molar-refractivity contribution < 1.29 is 42.4 Å². The lowest BCUT2D eigenvalue weighted by molar-refractivity contribution is -0.135. The number of rotatable bonds is 21. The maximum absolute atomic E-state index is 13.5. The Balaban J connectivity index is 1.71. The number of carbonyl (C=O) groups is 1. The lowest BCUT2D eigenvalue weighted by Gasteiger charge is -2.39. The Bertz CT molecular complexity index is 2150. The Kier molecular flexibility index (Phi) is 16.8. The third-order valence-corrected chi connectivity index (χ3v) is 11.9. The first-order valence-electron chi connectivity index (χ1n) is 20.0. The molecule has 326 valence electrons. The van der Waals surface area contributed by atoms with Crippen LogP contribution >= 0.6 is 8.53 Å². The van der Waals surface area contributed by atoms with E-state index in [2.05, 4.69) is 16.2 Å². The number of nitrogens with zero attached hydrogens (tertiary/aromatic N) is 4.